The fourth-order valence-electron chi connectivity index (χ4n) is 1.98. The van der Waals surface area contributed by atoms with Gasteiger partial charge in [0.25, 0.3) is 0 Å². The van der Waals surface area contributed by atoms with Gasteiger partial charge in [0.05, 0.1) is 4.90 Å². The van der Waals surface area contributed by atoms with Gasteiger partial charge in [0.2, 0.25) is 15.9 Å². The van der Waals surface area contributed by atoms with Gasteiger partial charge in [0.15, 0.2) is 0 Å². The molecule has 0 unspecified atom stereocenters. The average molecular weight is 415 g/mol. The molecule has 0 radical (unpaired) electrons. The van der Waals surface area contributed by atoms with E-state index in [0.29, 0.717) is 11.3 Å². The molecule has 24 heavy (non-hydrogen) atoms. The van der Waals surface area contributed by atoms with Crippen molar-refractivity contribution in [3.05, 3.63) is 58.3 Å². The van der Waals surface area contributed by atoms with Crippen molar-refractivity contribution in [2.45, 2.75) is 18.2 Å². The number of anilines is 1. The summed E-state index contributed by atoms with van der Waals surface area (Å²) in [5.74, 6) is -0.740. The van der Waals surface area contributed by atoms with Crippen molar-refractivity contribution in [1.82, 2.24) is 4.72 Å². The van der Waals surface area contributed by atoms with E-state index < -0.39 is 10.0 Å². The van der Waals surface area contributed by atoms with Crippen molar-refractivity contribution in [2.24, 2.45) is 0 Å². The highest BCUT2D eigenvalue weighted by Crippen LogP contribution is 2.16. The number of amides is 1. The molecule has 2 aromatic rings. The maximum atomic E-state index is 13.0. The molecule has 2 rings (SSSR count). The molecule has 1 amide bonds. The molecule has 0 heterocycles. The Kier molecular flexibility index (Phi) is 6.09. The Hall–Kier alpha value is -1.77. The molecular weight excluding hydrogens is 399 g/mol. The number of carbonyl (C=O) groups excluding carboxylic acids is 1. The third-order valence-corrected chi connectivity index (χ3v) is 5.24. The normalized spacial score (nSPS) is 11.3. The number of benzene rings is 2. The van der Waals surface area contributed by atoms with Crippen LogP contribution in [0.3, 0.4) is 0 Å². The Bertz CT molecular complexity index is 839. The topological polar surface area (TPSA) is 75.3 Å². The number of aryl methyl sites for hydroxylation is 1. The minimum Gasteiger partial charge on any atom is -0.326 e. The van der Waals surface area contributed by atoms with Crippen LogP contribution in [-0.4, -0.2) is 20.9 Å². The summed E-state index contributed by atoms with van der Waals surface area (Å²) in [6.45, 7) is 1.64. The van der Waals surface area contributed by atoms with E-state index in [1.165, 1.54) is 30.3 Å². The molecule has 0 spiro atoms. The monoisotopic (exact) mass is 414 g/mol. The van der Waals surface area contributed by atoms with Gasteiger partial charge in [0, 0.05) is 23.1 Å². The van der Waals surface area contributed by atoms with Gasteiger partial charge in [-0.25, -0.2) is 17.5 Å². The van der Waals surface area contributed by atoms with Crippen LogP contribution in [0, 0.1) is 12.7 Å². The van der Waals surface area contributed by atoms with Crippen LogP contribution in [0.25, 0.3) is 0 Å². The Morgan fingerprint density at radius 1 is 1.17 bits per heavy atom. The highest BCUT2D eigenvalue weighted by molar-refractivity contribution is 9.10. The predicted octanol–water partition coefficient (Wildman–Crippen LogP) is 3.20. The summed E-state index contributed by atoms with van der Waals surface area (Å²) in [5, 5.41) is 2.62. The number of hydrogen-bond donors (Lipinski definition) is 2. The first kappa shape index (κ1) is 18.6. The number of hydrogen-bond acceptors (Lipinski definition) is 3. The standard InChI is InChI=1S/C16H16BrFN2O3S/c1-11-10-13(18)4-7-15(11)20-16(21)8-9-19-24(22,23)14-5-2-12(17)3-6-14/h2-7,10,19H,8-9H2,1H3,(H,20,21). The third-order valence-electron chi connectivity index (χ3n) is 3.23. The maximum Gasteiger partial charge on any atom is 0.240 e. The summed E-state index contributed by atoms with van der Waals surface area (Å²) in [4.78, 5) is 12.0. The zero-order chi connectivity index (χ0) is 17.7. The second kappa shape index (κ2) is 7.87. The van der Waals surface area contributed by atoms with Gasteiger partial charge in [-0.15, -0.1) is 0 Å². The van der Waals surface area contributed by atoms with Gasteiger partial charge >= 0.3 is 0 Å². The van der Waals surface area contributed by atoms with Crippen molar-refractivity contribution in [3.63, 3.8) is 0 Å². The zero-order valence-electron chi connectivity index (χ0n) is 12.8. The van der Waals surface area contributed by atoms with Crippen LogP contribution in [-0.2, 0) is 14.8 Å². The smallest absolute Gasteiger partial charge is 0.240 e. The molecule has 0 aliphatic carbocycles. The summed E-state index contributed by atoms with van der Waals surface area (Å²) >= 11 is 3.23. The number of halogens is 2. The van der Waals surface area contributed by atoms with E-state index in [1.807, 2.05) is 0 Å². The van der Waals surface area contributed by atoms with Crippen LogP contribution in [0.15, 0.2) is 51.8 Å². The van der Waals surface area contributed by atoms with Crippen LogP contribution < -0.4 is 10.0 Å². The van der Waals surface area contributed by atoms with Gasteiger partial charge in [-0.1, -0.05) is 15.9 Å². The lowest BCUT2D eigenvalue weighted by atomic mass is 10.2. The van der Waals surface area contributed by atoms with Crippen LogP contribution in [0.1, 0.15) is 12.0 Å². The first-order valence-electron chi connectivity index (χ1n) is 7.09. The molecule has 0 saturated heterocycles. The van der Waals surface area contributed by atoms with Crippen molar-refractivity contribution >= 4 is 37.5 Å². The van der Waals surface area contributed by atoms with E-state index in [-0.39, 0.29) is 29.6 Å². The minimum atomic E-state index is -3.66. The number of rotatable bonds is 6. The van der Waals surface area contributed by atoms with E-state index in [9.17, 15) is 17.6 Å². The molecule has 0 aliphatic heterocycles. The van der Waals surface area contributed by atoms with Crippen LogP contribution >= 0.6 is 15.9 Å². The summed E-state index contributed by atoms with van der Waals surface area (Å²) < 4.78 is 40.3. The van der Waals surface area contributed by atoms with Crippen molar-refractivity contribution in [1.29, 1.82) is 0 Å². The fourth-order valence-corrected chi connectivity index (χ4v) is 3.27. The van der Waals surface area contributed by atoms with Gasteiger partial charge in [-0.3, -0.25) is 4.79 Å². The highest BCUT2D eigenvalue weighted by atomic mass is 79.9. The van der Waals surface area contributed by atoms with E-state index in [1.54, 1.807) is 19.1 Å². The Morgan fingerprint density at radius 3 is 2.46 bits per heavy atom. The lowest BCUT2D eigenvalue weighted by molar-refractivity contribution is -0.116. The van der Waals surface area contributed by atoms with E-state index in [0.717, 1.165) is 4.47 Å². The van der Waals surface area contributed by atoms with E-state index in [4.69, 9.17) is 0 Å². The second-order valence-electron chi connectivity index (χ2n) is 5.11. The first-order valence-corrected chi connectivity index (χ1v) is 9.37. The molecule has 0 fully saturated rings. The molecule has 0 saturated carbocycles. The molecule has 8 heteroatoms. The molecule has 2 aromatic carbocycles. The summed E-state index contributed by atoms with van der Waals surface area (Å²) in [5.41, 5.74) is 1.09. The first-order chi connectivity index (χ1) is 11.3. The quantitative estimate of drug-likeness (QED) is 0.761. The van der Waals surface area contributed by atoms with Crippen molar-refractivity contribution in [2.75, 3.05) is 11.9 Å². The summed E-state index contributed by atoms with van der Waals surface area (Å²) in [6, 6.07) is 10.2. The second-order valence-corrected chi connectivity index (χ2v) is 7.79. The Morgan fingerprint density at radius 2 is 1.83 bits per heavy atom. The Labute approximate surface area is 148 Å². The third kappa shape index (κ3) is 5.12. The number of nitrogens with one attached hydrogen (secondary N) is 2. The molecule has 2 N–H and O–H groups in total. The van der Waals surface area contributed by atoms with Crippen molar-refractivity contribution in [3.8, 4) is 0 Å². The zero-order valence-corrected chi connectivity index (χ0v) is 15.2. The van der Waals surface area contributed by atoms with Crippen molar-refractivity contribution < 1.29 is 17.6 Å². The maximum absolute atomic E-state index is 13.0. The Balaban J connectivity index is 1.89. The molecule has 0 aromatic heterocycles. The summed E-state index contributed by atoms with van der Waals surface area (Å²) in [7, 11) is -3.66. The molecule has 0 bridgehead atoms. The lowest BCUT2D eigenvalue weighted by Crippen LogP contribution is -2.27. The fraction of sp³-hybridized carbons (Fsp3) is 0.188. The average Bonchev–Trinajstić information content (AvgIpc) is 2.50. The van der Waals surface area contributed by atoms with Gasteiger partial charge in [0.1, 0.15) is 5.82 Å². The van der Waals surface area contributed by atoms with E-state index >= 15 is 0 Å². The highest BCUT2D eigenvalue weighted by Gasteiger charge is 2.14. The predicted molar refractivity (Wildman–Crippen MR) is 93.7 cm³/mol. The van der Waals surface area contributed by atoms with Gasteiger partial charge < -0.3 is 5.32 Å². The molecule has 5 nitrogen and oxygen atoms in total. The lowest BCUT2D eigenvalue weighted by Gasteiger charge is -2.09. The van der Waals surface area contributed by atoms with Crippen LogP contribution in [0.5, 0.6) is 0 Å². The largest absolute Gasteiger partial charge is 0.326 e. The number of carbonyl (C=O) groups is 1. The minimum absolute atomic E-state index is 0.0351. The molecule has 0 aliphatic rings. The van der Waals surface area contributed by atoms with Gasteiger partial charge in [-0.2, -0.15) is 0 Å². The van der Waals surface area contributed by atoms with Crippen LogP contribution in [0.4, 0.5) is 10.1 Å². The van der Waals surface area contributed by atoms with Gasteiger partial charge in [-0.05, 0) is 55.0 Å². The summed E-state index contributed by atoms with van der Waals surface area (Å²) in [6.07, 6.45) is -0.0351. The van der Waals surface area contributed by atoms with E-state index in [2.05, 4.69) is 26.0 Å². The number of sulfonamides is 1. The molecular formula is C16H16BrFN2O3S. The SMILES string of the molecule is Cc1cc(F)ccc1NC(=O)CCNS(=O)(=O)c1ccc(Br)cc1. The molecule has 0 atom stereocenters. The molecule has 128 valence electrons. The van der Waals surface area contributed by atoms with Crippen LogP contribution in [0.2, 0.25) is 0 Å².